The van der Waals surface area contributed by atoms with Gasteiger partial charge in [0, 0.05) is 6.42 Å². The largest absolute Gasteiger partial charge is 0.490 e. The van der Waals surface area contributed by atoms with Crippen molar-refractivity contribution >= 4 is 30.6 Å². The maximum Gasteiger partial charge on any atom is 0.490 e. The molecule has 0 aliphatic heterocycles. The van der Waals surface area contributed by atoms with E-state index in [9.17, 15) is 27.9 Å². The van der Waals surface area contributed by atoms with Crippen molar-refractivity contribution in [2.24, 2.45) is 0 Å². The highest BCUT2D eigenvalue weighted by Gasteiger charge is 2.38. The highest BCUT2D eigenvalue weighted by molar-refractivity contribution is 6.58. The summed E-state index contributed by atoms with van der Waals surface area (Å²) in [5.74, 6) is -3.94. The molecule has 1 atom stereocenters. The van der Waals surface area contributed by atoms with Crippen LogP contribution < -0.4 is 10.8 Å². The molecular formula is C16H21BF3NO8. The molecule has 162 valence electrons. The Morgan fingerprint density at radius 3 is 1.83 bits per heavy atom. The topological polar surface area (TPSA) is 153 Å². The van der Waals surface area contributed by atoms with Gasteiger partial charge in [-0.05, 0) is 31.8 Å². The fraction of sp³-hybridized carbons (Fsp3) is 0.438. The molecular weight excluding hydrogens is 402 g/mol. The normalized spacial score (nSPS) is 12.1. The summed E-state index contributed by atoms with van der Waals surface area (Å²) in [7, 11) is -1.58. The monoisotopic (exact) mass is 423 g/mol. The van der Waals surface area contributed by atoms with Crippen molar-refractivity contribution in [3.8, 4) is 0 Å². The summed E-state index contributed by atoms with van der Waals surface area (Å²) in [4.78, 5) is 31.8. The van der Waals surface area contributed by atoms with Gasteiger partial charge in [-0.15, -0.1) is 0 Å². The fourth-order valence-electron chi connectivity index (χ4n) is 1.71. The van der Waals surface area contributed by atoms with E-state index in [0.717, 1.165) is 0 Å². The second kappa shape index (κ2) is 10.7. The van der Waals surface area contributed by atoms with Gasteiger partial charge in [-0.3, -0.25) is 0 Å². The van der Waals surface area contributed by atoms with Crippen molar-refractivity contribution in [1.29, 1.82) is 0 Å². The standard InChI is InChI=1S/C14H20BNO6.C2HF3O2/c1-14(2,3)22-13(19)16-11(12(17)18)8-9-4-6-10(7-5-9)15(20)21;3-2(4,5)1(6)7/h4-7,11,20-21H,8H2,1-3H3,(H,16,19)(H,17,18);(H,6,7)/t11-;/m0./s1. The first-order valence-electron chi connectivity index (χ1n) is 8.00. The second-order valence-electron chi connectivity index (χ2n) is 6.66. The summed E-state index contributed by atoms with van der Waals surface area (Å²) in [5.41, 5.74) is 0.218. The number of alkyl carbamates (subject to hydrolysis) is 1. The lowest BCUT2D eigenvalue weighted by Crippen LogP contribution is -2.44. The van der Waals surface area contributed by atoms with Crippen LogP contribution in [0.5, 0.6) is 0 Å². The molecule has 0 spiro atoms. The first-order valence-corrected chi connectivity index (χ1v) is 8.00. The van der Waals surface area contributed by atoms with Gasteiger partial charge in [-0.25, -0.2) is 14.4 Å². The van der Waals surface area contributed by atoms with Gasteiger partial charge in [-0.1, -0.05) is 24.3 Å². The van der Waals surface area contributed by atoms with Gasteiger partial charge < -0.3 is 30.3 Å². The van der Waals surface area contributed by atoms with Crippen LogP contribution in [0.15, 0.2) is 24.3 Å². The molecule has 0 radical (unpaired) electrons. The van der Waals surface area contributed by atoms with Gasteiger partial charge >= 0.3 is 31.3 Å². The average Bonchev–Trinajstić information content (AvgIpc) is 2.52. The molecule has 0 heterocycles. The predicted octanol–water partition coefficient (Wildman–Crippen LogP) is 0.520. The Balaban J connectivity index is 0.000000956. The number of hydrogen-bond acceptors (Lipinski definition) is 6. The van der Waals surface area contributed by atoms with Crippen LogP contribution in [0.4, 0.5) is 18.0 Å². The second-order valence-corrected chi connectivity index (χ2v) is 6.66. The van der Waals surface area contributed by atoms with Gasteiger partial charge in [0.2, 0.25) is 0 Å². The molecule has 0 saturated heterocycles. The van der Waals surface area contributed by atoms with Crippen molar-refractivity contribution in [2.45, 2.75) is 45.0 Å². The van der Waals surface area contributed by atoms with Crippen LogP contribution in [0.3, 0.4) is 0 Å². The smallest absolute Gasteiger partial charge is 0.480 e. The molecule has 0 fully saturated rings. The minimum Gasteiger partial charge on any atom is -0.480 e. The lowest BCUT2D eigenvalue weighted by atomic mass is 9.80. The Labute approximate surface area is 164 Å². The average molecular weight is 423 g/mol. The SMILES string of the molecule is CC(C)(C)OC(=O)N[C@@H](Cc1ccc(B(O)O)cc1)C(=O)O.O=C(O)C(F)(F)F. The number of carbonyl (C=O) groups is 3. The number of hydrogen-bond donors (Lipinski definition) is 5. The zero-order chi connectivity index (χ0) is 23.0. The van der Waals surface area contributed by atoms with Crippen LogP contribution in [0.2, 0.25) is 0 Å². The number of carboxylic acid groups (broad SMARTS) is 2. The van der Waals surface area contributed by atoms with Gasteiger partial charge in [0.15, 0.2) is 0 Å². The van der Waals surface area contributed by atoms with Crippen molar-refractivity contribution in [1.82, 2.24) is 5.32 Å². The van der Waals surface area contributed by atoms with Gasteiger partial charge in [0.05, 0.1) is 0 Å². The Morgan fingerprint density at radius 2 is 1.52 bits per heavy atom. The number of aliphatic carboxylic acids is 2. The number of rotatable bonds is 5. The summed E-state index contributed by atoms with van der Waals surface area (Å²) in [5, 5.41) is 36.6. The van der Waals surface area contributed by atoms with Crippen LogP contribution in [0.25, 0.3) is 0 Å². The van der Waals surface area contributed by atoms with E-state index in [-0.39, 0.29) is 6.42 Å². The molecule has 1 rings (SSSR count). The first-order chi connectivity index (χ1) is 13.0. The molecule has 29 heavy (non-hydrogen) atoms. The molecule has 0 aliphatic rings. The third kappa shape index (κ3) is 11.6. The minimum atomic E-state index is -5.08. The summed E-state index contributed by atoms with van der Waals surface area (Å²) in [6.07, 6.45) is -5.83. The van der Waals surface area contributed by atoms with E-state index in [0.29, 0.717) is 11.0 Å². The third-order valence-electron chi connectivity index (χ3n) is 2.95. The number of ether oxygens (including phenoxy) is 1. The van der Waals surface area contributed by atoms with Crippen molar-refractivity contribution in [2.75, 3.05) is 0 Å². The number of amides is 1. The maximum absolute atomic E-state index is 11.6. The summed E-state index contributed by atoms with van der Waals surface area (Å²) in [6.45, 7) is 5.05. The molecule has 1 aromatic rings. The summed E-state index contributed by atoms with van der Waals surface area (Å²) in [6, 6.07) is 4.96. The van der Waals surface area contributed by atoms with Crippen molar-refractivity contribution < 1.29 is 52.6 Å². The molecule has 0 aromatic heterocycles. The zero-order valence-corrected chi connectivity index (χ0v) is 15.7. The number of alkyl halides is 3. The number of carbonyl (C=O) groups excluding carboxylic acids is 1. The fourth-order valence-corrected chi connectivity index (χ4v) is 1.71. The predicted molar refractivity (Wildman–Crippen MR) is 94.5 cm³/mol. The number of carboxylic acids is 2. The Kier molecular flexibility index (Phi) is 9.64. The lowest BCUT2D eigenvalue weighted by molar-refractivity contribution is -0.192. The molecule has 0 aliphatic carbocycles. The van der Waals surface area contributed by atoms with Crippen LogP contribution in [0.1, 0.15) is 26.3 Å². The minimum absolute atomic E-state index is 0.0520. The molecule has 13 heteroatoms. The molecule has 9 nitrogen and oxygen atoms in total. The zero-order valence-electron chi connectivity index (χ0n) is 15.7. The van der Waals surface area contributed by atoms with E-state index < -0.39 is 43.0 Å². The van der Waals surface area contributed by atoms with Gasteiger partial charge in [0.1, 0.15) is 11.6 Å². The Hall–Kier alpha value is -2.80. The van der Waals surface area contributed by atoms with Crippen LogP contribution >= 0.6 is 0 Å². The van der Waals surface area contributed by atoms with E-state index in [1.807, 2.05) is 0 Å². The lowest BCUT2D eigenvalue weighted by Gasteiger charge is -2.22. The number of nitrogens with one attached hydrogen (secondary N) is 1. The van der Waals surface area contributed by atoms with Crippen molar-refractivity contribution in [3.63, 3.8) is 0 Å². The van der Waals surface area contributed by atoms with Gasteiger partial charge in [-0.2, -0.15) is 13.2 Å². The van der Waals surface area contributed by atoms with E-state index >= 15 is 0 Å². The number of halogens is 3. The quantitative estimate of drug-likeness (QED) is 0.430. The van der Waals surface area contributed by atoms with Crippen LogP contribution in [-0.2, 0) is 20.7 Å². The van der Waals surface area contributed by atoms with E-state index in [1.165, 1.54) is 12.1 Å². The highest BCUT2D eigenvalue weighted by Crippen LogP contribution is 2.13. The molecule has 1 aromatic carbocycles. The first kappa shape index (κ1) is 26.2. The van der Waals surface area contributed by atoms with Gasteiger partial charge in [0.25, 0.3) is 0 Å². The molecule has 0 saturated carbocycles. The maximum atomic E-state index is 11.6. The van der Waals surface area contributed by atoms with Crippen molar-refractivity contribution in [3.05, 3.63) is 29.8 Å². The molecule has 0 bridgehead atoms. The summed E-state index contributed by atoms with van der Waals surface area (Å²) >= 11 is 0. The Bertz CT molecular complexity index is 702. The third-order valence-corrected chi connectivity index (χ3v) is 2.95. The van der Waals surface area contributed by atoms with E-state index in [2.05, 4.69) is 5.32 Å². The molecule has 1 amide bonds. The Morgan fingerprint density at radius 1 is 1.07 bits per heavy atom. The summed E-state index contributed by atoms with van der Waals surface area (Å²) < 4.78 is 36.8. The van der Waals surface area contributed by atoms with E-state index in [1.54, 1.807) is 32.9 Å². The number of benzene rings is 1. The highest BCUT2D eigenvalue weighted by atomic mass is 19.4. The molecule has 0 unspecified atom stereocenters. The van der Waals surface area contributed by atoms with E-state index in [4.69, 9.17) is 24.7 Å². The molecule has 5 N–H and O–H groups in total. The van der Waals surface area contributed by atoms with Crippen LogP contribution in [0, 0.1) is 0 Å². The van der Waals surface area contributed by atoms with Crippen LogP contribution in [-0.4, -0.2) is 63.2 Å².